The molecule has 5 heteroatoms. The average molecular weight is 300 g/mol. The minimum atomic E-state index is -0.451. The number of hydrogen-bond donors (Lipinski definition) is 2. The first kappa shape index (κ1) is 14.1. The van der Waals surface area contributed by atoms with Crippen LogP contribution in [-0.2, 0) is 0 Å². The molecule has 19 heavy (non-hydrogen) atoms. The topological polar surface area (TPSA) is 32.3 Å². The summed E-state index contributed by atoms with van der Waals surface area (Å²) >= 11 is 12.0. The number of benzene rings is 2. The van der Waals surface area contributed by atoms with Gasteiger partial charge in [-0.25, -0.2) is 4.39 Å². The summed E-state index contributed by atoms with van der Waals surface area (Å²) in [4.78, 5) is 0. The Morgan fingerprint density at radius 1 is 1.16 bits per heavy atom. The maximum atomic E-state index is 13.1. The molecule has 0 aliphatic rings. The largest absolute Gasteiger partial charge is 0.394 e. The molecule has 2 N–H and O–H groups in total. The summed E-state index contributed by atoms with van der Waals surface area (Å²) in [6.07, 6.45) is 0. The lowest BCUT2D eigenvalue weighted by molar-refractivity contribution is 0.276. The fraction of sp³-hybridized carbons (Fsp3) is 0.143. The van der Waals surface area contributed by atoms with E-state index < -0.39 is 6.04 Å². The summed E-state index contributed by atoms with van der Waals surface area (Å²) in [6.45, 7) is -0.184. The Hall–Kier alpha value is -1.29. The highest BCUT2D eigenvalue weighted by Crippen LogP contribution is 2.28. The molecule has 0 heterocycles. The third-order valence-electron chi connectivity index (χ3n) is 2.68. The second-order valence-electron chi connectivity index (χ2n) is 4.06. The normalized spacial score (nSPS) is 12.2. The van der Waals surface area contributed by atoms with Gasteiger partial charge in [0, 0.05) is 15.7 Å². The molecule has 0 aliphatic carbocycles. The van der Waals surface area contributed by atoms with Crippen molar-refractivity contribution in [2.45, 2.75) is 6.04 Å². The van der Waals surface area contributed by atoms with E-state index in [1.807, 2.05) is 0 Å². The van der Waals surface area contributed by atoms with Gasteiger partial charge in [-0.2, -0.15) is 0 Å². The molecule has 0 spiro atoms. The van der Waals surface area contributed by atoms with Crippen molar-refractivity contribution in [3.8, 4) is 0 Å². The molecule has 2 rings (SSSR count). The minimum absolute atomic E-state index is 0.184. The number of halogens is 3. The summed E-state index contributed by atoms with van der Waals surface area (Å²) in [7, 11) is 0. The van der Waals surface area contributed by atoms with Crippen molar-refractivity contribution in [1.29, 1.82) is 0 Å². The smallest absolute Gasteiger partial charge is 0.125 e. The highest BCUT2D eigenvalue weighted by atomic mass is 35.5. The van der Waals surface area contributed by atoms with Crippen LogP contribution in [0.15, 0.2) is 42.5 Å². The molecular formula is C14H12Cl2FNO. The van der Waals surface area contributed by atoms with Crippen molar-refractivity contribution in [2.24, 2.45) is 0 Å². The van der Waals surface area contributed by atoms with Crippen LogP contribution in [0.4, 0.5) is 10.1 Å². The maximum absolute atomic E-state index is 13.1. The van der Waals surface area contributed by atoms with E-state index in [9.17, 15) is 9.50 Å². The van der Waals surface area contributed by atoms with Gasteiger partial charge >= 0.3 is 0 Å². The van der Waals surface area contributed by atoms with E-state index >= 15 is 0 Å². The molecule has 1 atom stereocenters. The molecule has 0 saturated carbocycles. The lowest BCUT2D eigenvalue weighted by Crippen LogP contribution is -2.15. The SMILES string of the molecule is OCC(Nc1cccc(F)c1)c1cc(Cl)ccc1Cl. The van der Waals surface area contributed by atoms with Crippen LogP contribution in [0.1, 0.15) is 11.6 Å². The monoisotopic (exact) mass is 299 g/mol. The molecule has 1 unspecified atom stereocenters. The Bertz CT molecular complexity index is 577. The number of aliphatic hydroxyl groups is 1. The third kappa shape index (κ3) is 3.60. The zero-order valence-corrected chi connectivity index (χ0v) is 11.4. The second kappa shape index (κ2) is 6.24. The van der Waals surface area contributed by atoms with Gasteiger partial charge in [0.15, 0.2) is 0 Å². The van der Waals surface area contributed by atoms with Crippen molar-refractivity contribution in [3.05, 3.63) is 63.9 Å². The van der Waals surface area contributed by atoms with Crippen LogP contribution in [0.2, 0.25) is 10.0 Å². The summed E-state index contributed by atoms with van der Waals surface area (Å²) in [6, 6.07) is 10.6. The van der Waals surface area contributed by atoms with Gasteiger partial charge in [-0.05, 0) is 42.0 Å². The van der Waals surface area contributed by atoms with Crippen LogP contribution in [-0.4, -0.2) is 11.7 Å². The molecule has 2 nitrogen and oxygen atoms in total. The lowest BCUT2D eigenvalue weighted by atomic mass is 10.1. The van der Waals surface area contributed by atoms with Crippen LogP contribution in [0.3, 0.4) is 0 Å². The molecule has 0 bridgehead atoms. The minimum Gasteiger partial charge on any atom is -0.394 e. The van der Waals surface area contributed by atoms with E-state index in [1.54, 1.807) is 30.3 Å². The second-order valence-corrected chi connectivity index (χ2v) is 4.90. The Morgan fingerprint density at radius 3 is 2.63 bits per heavy atom. The van der Waals surface area contributed by atoms with Crippen LogP contribution in [0.5, 0.6) is 0 Å². The third-order valence-corrected chi connectivity index (χ3v) is 3.26. The number of nitrogens with one attached hydrogen (secondary N) is 1. The van der Waals surface area contributed by atoms with E-state index in [0.717, 1.165) is 0 Å². The zero-order valence-electron chi connectivity index (χ0n) is 9.91. The van der Waals surface area contributed by atoms with Crippen molar-refractivity contribution >= 4 is 28.9 Å². The Kier molecular flexibility index (Phi) is 4.64. The molecule has 0 radical (unpaired) electrons. The quantitative estimate of drug-likeness (QED) is 0.883. The first-order valence-corrected chi connectivity index (χ1v) is 6.43. The van der Waals surface area contributed by atoms with Crippen LogP contribution in [0.25, 0.3) is 0 Å². The Balaban J connectivity index is 2.27. The van der Waals surface area contributed by atoms with Gasteiger partial charge in [-0.3, -0.25) is 0 Å². The lowest BCUT2D eigenvalue weighted by Gasteiger charge is -2.19. The first-order valence-electron chi connectivity index (χ1n) is 5.68. The Morgan fingerprint density at radius 2 is 1.95 bits per heavy atom. The molecule has 0 saturated heterocycles. The first-order chi connectivity index (χ1) is 9.10. The molecule has 0 amide bonds. The van der Waals surface area contributed by atoms with E-state index in [2.05, 4.69) is 5.32 Å². The molecule has 0 fully saturated rings. The summed E-state index contributed by atoms with van der Waals surface area (Å²) in [5.74, 6) is -0.348. The van der Waals surface area contributed by atoms with Crippen LogP contribution >= 0.6 is 23.2 Å². The Labute approximate surface area is 120 Å². The zero-order chi connectivity index (χ0) is 13.8. The predicted molar refractivity (Wildman–Crippen MR) is 76.3 cm³/mol. The van der Waals surface area contributed by atoms with Crippen molar-refractivity contribution in [2.75, 3.05) is 11.9 Å². The van der Waals surface area contributed by atoms with Gasteiger partial charge in [-0.15, -0.1) is 0 Å². The van der Waals surface area contributed by atoms with Gasteiger partial charge in [0.1, 0.15) is 5.82 Å². The number of rotatable bonds is 4. The predicted octanol–water partition coefficient (Wildman–Crippen LogP) is 4.28. The van der Waals surface area contributed by atoms with Crippen molar-refractivity contribution in [1.82, 2.24) is 0 Å². The number of anilines is 1. The molecule has 0 aliphatic heterocycles. The van der Waals surface area contributed by atoms with E-state index in [0.29, 0.717) is 21.3 Å². The number of hydrogen-bond acceptors (Lipinski definition) is 2. The van der Waals surface area contributed by atoms with Gasteiger partial charge < -0.3 is 10.4 Å². The number of aliphatic hydroxyl groups excluding tert-OH is 1. The fourth-order valence-corrected chi connectivity index (χ4v) is 2.21. The van der Waals surface area contributed by atoms with Gasteiger partial charge in [0.25, 0.3) is 0 Å². The van der Waals surface area contributed by atoms with E-state index in [-0.39, 0.29) is 12.4 Å². The van der Waals surface area contributed by atoms with Gasteiger partial charge in [0.05, 0.1) is 12.6 Å². The summed E-state index contributed by atoms with van der Waals surface area (Å²) < 4.78 is 13.1. The fourth-order valence-electron chi connectivity index (χ4n) is 1.78. The molecule has 100 valence electrons. The van der Waals surface area contributed by atoms with Gasteiger partial charge in [-0.1, -0.05) is 29.3 Å². The maximum Gasteiger partial charge on any atom is 0.125 e. The highest BCUT2D eigenvalue weighted by Gasteiger charge is 2.14. The molecule has 2 aromatic carbocycles. The van der Waals surface area contributed by atoms with Crippen LogP contribution < -0.4 is 5.32 Å². The van der Waals surface area contributed by atoms with Crippen molar-refractivity contribution in [3.63, 3.8) is 0 Å². The van der Waals surface area contributed by atoms with Crippen LogP contribution in [0, 0.1) is 5.82 Å². The highest BCUT2D eigenvalue weighted by molar-refractivity contribution is 6.33. The van der Waals surface area contributed by atoms with E-state index in [4.69, 9.17) is 23.2 Å². The molecule has 0 aromatic heterocycles. The molecule has 2 aromatic rings. The standard InChI is InChI=1S/C14H12Cl2FNO/c15-9-4-5-13(16)12(6-9)14(8-19)18-11-3-1-2-10(17)7-11/h1-7,14,18-19H,8H2. The summed E-state index contributed by atoms with van der Waals surface area (Å²) in [5.41, 5.74) is 1.23. The average Bonchev–Trinajstić information content (AvgIpc) is 2.39. The van der Waals surface area contributed by atoms with E-state index in [1.165, 1.54) is 12.1 Å². The van der Waals surface area contributed by atoms with Gasteiger partial charge in [0.2, 0.25) is 0 Å². The van der Waals surface area contributed by atoms with Crippen molar-refractivity contribution < 1.29 is 9.50 Å². The summed E-state index contributed by atoms with van der Waals surface area (Å²) in [5, 5.41) is 13.5. The molecular weight excluding hydrogens is 288 g/mol.